The van der Waals surface area contributed by atoms with Gasteiger partial charge < -0.3 is 5.32 Å². The lowest BCUT2D eigenvalue weighted by atomic mass is 10.1. The quantitative estimate of drug-likeness (QED) is 0.857. The van der Waals surface area contributed by atoms with E-state index in [1.807, 2.05) is 36.5 Å². The van der Waals surface area contributed by atoms with Crippen molar-refractivity contribution >= 4 is 11.9 Å². The molecule has 0 radical (unpaired) electrons. The summed E-state index contributed by atoms with van der Waals surface area (Å²) in [6.07, 6.45) is 3.67. The zero-order valence-electron chi connectivity index (χ0n) is 9.98. The molecule has 2 aromatic rings. The highest BCUT2D eigenvalue weighted by Crippen LogP contribution is 2.13. The molecule has 86 valence electrons. The van der Waals surface area contributed by atoms with E-state index in [1.165, 1.54) is 11.1 Å². The number of pyridine rings is 1. The van der Waals surface area contributed by atoms with Gasteiger partial charge in [0.25, 0.3) is 0 Å². The minimum absolute atomic E-state index is 0.792. The summed E-state index contributed by atoms with van der Waals surface area (Å²) >= 11 is 0. The van der Waals surface area contributed by atoms with E-state index in [0.29, 0.717) is 0 Å². The molecule has 0 fully saturated rings. The van der Waals surface area contributed by atoms with E-state index in [2.05, 4.69) is 35.9 Å². The average molecular weight is 224 g/mol. The second-order valence-corrected chi connectivity index (χ2v) is 3.97. The molecule has 17 heavy (non-hydrogen) atoms. The first-order valence-electron chi connectivity index (χ1n) is 5.66. The van der Waals surface area contributed by atoms with E-state index in [4.69, 9.17) is 0 Å². The summed E-state index contributed by atoms with van der Waals surface area (Å²) in [5, 5.41) is 3.31. The second-order valence-electron chi connectivity index (χ2n) is 3.97. The molecule has 0 saturated heterocycles. The Hall–Kier alpha value is -2.09. The number of hydrogen-bond donors (Lipinski definition) is 1. The molecule has 1 heterocycles. The van der Waals surface area contributed by atoms with Gasteiger partial charge in [-0.2, -0.15) is 0 Å². The van der Waals surface area contributed by atoms with Gasteiger partial charge in [-0.15, -0.1) is 0 Å². The van der Waals surface area contributed by atoms with Gasteiger partial charge in [0.15, 0.2) is 0 Å². The monoisotopic (exact) mass is 224 g/mol. The third kappa shape index (κ3) is 2.94. The Morgan fingerprint density at radius 2 is 2.06 bits per heavy atom. The number of nitrogens with one attached hydrogen (secondary N) is 1. The third-order valence-electron chi connectivity index (χ3n) is 2.69. The summed E-state index contributed by atoms with van der Waals surface area (Å²) in [7, 11) is 0. The third-order valence-corrected chi connectivity index (χ3v) is 2.69. The fraction of sp³-hybridized carbons (Fsp3) is 0.133. The Morgan fingerprint density at radius 1 is 1.29 bits per heavy atom. The Balaban J connectivity index is 2.05. The van der Waals surface area contributed by atoms with Crippen molar-refractivity contribution < 1.29 is 0 Å². The molecule has 0 atom stereocenters. The fourth-order valence-electron chi connectivity index (χ4n) is 1.67. The van der Waals surface area contributed by atoms with Gasteiger partial charge in [0.2, 0.25) is 0 Å². The number of anilines is 1. The molecule has 0 aliphatic carbocycles. The molecular weight excluding hydrogens is 208 g/mol. The molecule has 2 nitrogen and oxygen atoms in total. The lowest BCUT2D eigenvalue weighted by molar-refractivity contribution is 1.10. The lowest BCUT2D eigenvalue weighted by Crippen LogP contribution is -2.01. The summed E-state index contributed by atoms with van der Waals surface area (Å²) in [4.78, 5) is 4.34. The predicted molar refractivity (Wildman–Crippen MR) is 72.8 cm³/mol. The van der Waals surface area contributed by atoms with Crippen molar-refractivity contribution in [1.29, 1.82) is 0 Å². The van der Waals surface area contributed by atoms with E-state index in [1.54, 1.807) is 0 Å². The number of nitrogens with zero attached hydrogens (tertiary/aromatic N) is 1. The first kappa shape index (κ1) is 11.4. The molecule has 0 bridgehead atoms. The predicted octanol–water partition coefficient (Wildman–Crippen LogP) is 3.65. The molecule has 0 aliphatic heterocycles. The maximum atomic E-state index is 4.34. The van der Waals surface area contributed by atoms with Gasteiger partial charge in [0.05, 0.1) is 0 Å². The van der Waals surface area contributed by atoms with Crippen LogP contribution < -0.4 is 5.32 Å². The van der Waals surface area contributed by atoms with Gasteiger partial charge in [0.1, 0.15) is 5.82 Å². The van der Waals surface area contributed by atoms with Crippen LogP contribution in [0.2, 0.25) is 0 Å². The largest absolute Gasteiger partial charge is 0.366 e. The minimum atomic E-state index is 0.792. The van der Waals surface area contributed by atoms with Gasteiger partial charge in [-0.05, 0) is 29.7 Å². The highest BCUT2D eigenvalue weighted by Gasteiger charge is 1.98. The van der Waals surface area contributed by atoms with Crippen molar-refractivity contribution in [3.05, 3.63) is 65.9 Å². The Morgan fingerprint density at radius 3 is 2.71 bits per heavy atom. The van der Waals surface area contributed by atoms with Gasteiger partial charge in [0, 0.05) is 12.7 Å². The van der Waals surface area contributed by atoms with Crippen molar-refractivity contribution in [3.63, 3.8) is 0 Å². The highest BCUT2D eigenvalue weighted by atomic mass is 15.0. The normalized spacial score (nSPS) is 9.94. The van der Waals surface area contributed by atoms with Gasteiger partial charge >= 0.3 is 0 Å². The van der Waals surface area contributed by atoms with Crippen LogP contribution in [0.4, 0.5) is 5.82 Å². The number of benzene rings is 1. The van der Waals surface area contributed by atoms with Gasteiger partial charge in [-0.25, -0.2) is 4.98 Å². The van der Waals surface area contributed by atoms with E-state index < -0.39 is 0 Å². The molecule has 0 unspecified atom stereocenters. The lowest BCUT2D eigenvalue weighted by Gasteiger charge is -2.07. The van der Waals surface area contributed by atoms with Crippen LogP contribution in [0, 0.1) is 6.92 Å². The van der Waals surface area contributed by atoms with Crippen molar-refractivity contribution in [2.24, 2.45) is 0 Å². The Labute approximate surface area is 102 Å². The van der Waals surface area contributed by atoms with Crippen LogP contribution in [-0.4, -0.2) is 4.98 Å². The van der Waals surface area contributed by atoms with Crippen LogP contribution >= 0.6 is 0 Å². The van der Waals surface area contributed by atoms with Crippen molar-refractivity contribution in [1.82, 2.24) is 4.98 Å². The van der Waals surface area contributed by atoms with E-state index in [9.17, 15) is 0 Å². The molecule has 0 spiro atoms. The zero-order valence-corrected chi connectivity index (χ0v) is 9.98. The van der Waals surface area contributed by atoms with Crippen LogP contribution in [0.15, 0.2) is 49.2 Å². The smallest absolute Gasteiger partial charge is 0.126 e. The fourth-order valence-corrected chi connectivity index (χ4v) is 1.67. The van der Waals surface area contributed by atoms with E-state index in [0.717, 1.165) is 17.9 Å². The van der Waals surface area contributed by atoms with Crippen LogP contribution in [0.25, 0.3) is 6.08 Å². The standard InChI is InChI=1S/C15H16N2/c1-3-14-11-17-15(9-12(14)2)16-10-13-7-5-4-6-8-13/h3-9,11H,1,10H2,2H3,(H,16,17). The molecule has 0 amide bonds. The number of hydrogen-bond acceptors (Lipinski definition) is 2. The maximum Gasteiger partial charge on any atom is 0.126 e. The van der Waals surface area contributed by atoms with E-state index >= 15 is 0 Å². The van der Waals surface area contributed by atoms with Crippen molar-refractivity contribution in [3.8, 4) is 0 Å². The van der Waals surface area contributed by atoms with Gasteiger partial charge in [-0.1, -0.05) is 43.0 Å². The molecular formula is C15H16N2. The topological polar surface area (TPSA) is 24.9 Å². The summed E-state index contributed by atoms with van der Waals surface area (Å²) < 4.78 is 0. The molecule has 0 saturated carbocycles. The Bertz CT molecular complexity index is 504. The van der Waals surface area contributed by atoms with Crippen LogP contribution in [0.5, 0.6) is 0 Å². The molecule has 1 N–H and O–H groups in total. The highest BCUT2D eigenvalue weighted by molar-refractivity contribution is 5.54. The first-order chi connectivity index (χ1) is 8.29. The number of rotatable bonds is 4. The minimum Gasteiger partial charge on any atom is -0.366 e. The molecule has 1 aromatic heterocycles. The van der Waals surface area contributed by atoms with Crippen LogP contribution in [0.3, 0.4) is 0 Å². The van der Waals surface area contributed by atoms with Crippen LogP contribution in [-0.2, 0) is 6.54 Å². The van der Waals surface area contributed by atoms with Crippen LogP contribution in [0.1, 0.15) is 16.7 Å². The maximum absolute atomic E-state index is 4.34. The molecule has 0 aliphatic rings. The summed E-state index contributed by atoms with van der Waals surface area (Å²) in [5.74, 6) is 0.900. The number of aromatic nitrogens is 1. The first-order valence-corrected chi connectivity index (χ1v) is 5.66. The molecule has 2 rings (SSSR count). The Kier molecular flexibility index (Phi) is 3.55. The van der Waals surface area contributed by atoms with Crippen molar-refractivity contribution in [2.75, 3.05) is 5.32 Å². The average Bonchev–Trinajstić information content (AvgIpc) is 2.38. The van der Waals surface area contributed by atoms with E-state index in [-0.39, 0.29) is 0 Å². The zero-order chi connectivity index (χ0) is 12.1. The van der Waals surface area contributed by atoms with Crippen molar-refractivity contribution in [2.45, 2.75) is 13.5 Å². The summed E-state index contributed by atoms with van der Waals surface area (Å²) in [6.45, 7) is 6.61. The molecule has 2 heteroatoms. The molecule has 1 aromatic carbocycles. The number of aryl methyl sites for hydroxylation is 1. The second kappa shape index (κ2) is 5.30. The van der Waals surface area contributed by atoms with Gasteiger partial charge in [-0.3, -0.25) is 0 Å². The summed E-state index contributed by atoms with van der Waals surface area (Å²) in [6, 6.07) is 12.3. The summed E-state index contributed by atoms with van der Waals surface area (Å²) in [5.41, 5.74) is 3.51. The SMILES string of the molecule is C=Cc1cnc(NCc2ccccc2)cc1C.